The average molecular weight is 517 g/mol. The molecule has 2 N–H and O–H groups in total. The quantitative estimate of drug-likeness (QED) is 0.484. The van der Waals surface area contributed by atoms with Crippen LogP contribution in [0.4, 0.5) is 0 Å². The minimum absolute atomic E-state index is 0. The van der Waals surface area contributed by atoms with Crippen LogP contribution in [0.15, 0.2) is 48.5 Å². The van der Waals surface area contributed by atoms with Crippen molar-refractivity contribution >= 4 is 35.7 Å². The smallest absolute Gasteiger partial charge is 0.115 e. The minimum Gasteiger partial charge on any atom is -0.508 e. The molecular weight excluding hydrogens is 483 g/mol. The number of hydrogen-bond donors (Lipinski definition) is 2. The van der Waals surface area contributed by atoms with Crippen LogP contribution in [0.3, 0.4) is 0 Å². The van der Waals surface area contributed by atoms with Crippen LogP contribution in [0.1, 0.15) is 42.1 Å². The lowest BCUT2D eigenvalue weighted by Crippen LogP contribution is -2.74. The molecular formula is C28H34Cl2N2O3. The van der Waals surface area contributed by atoms with Gasteiger partial charge in [-0.1, -0.05) is 24.3 Å². The van der Waals surface area contributed by atoms with Crippen LogP contribution in [0.2, 0.25) is 0 Å². The average Bonchev–Trinajstić information content (AvgIpc) is 2.80. The maximum Gasteiger partial charge on any atom is 0.115 e. The highest BCUT2D eigenvalue weighted by molar-refractivity contribution is 5.85. The topological polar surface area (TPSA) is 65.8 Å². The molecule has 0 spiro atoms. The number of nitrogens with zero attached hydrogens (tertiary/aromatic N) is 2. The van der Waals surface area contributed by atoms with Crippen LogP contribution in [-0.4, -0.2) is 58.0 Å². The lowest BCUT2D eigenvalue weighted by Gasteiger charge is -2.63. The number of ether oxygens (including phenoxy) is 1. The molecule has 0 saturated carbocycles. The summed E-state index contributed by atoms with van der Waals surface area (Å²) >= 11 is 0. The van der Waals surface area contributed by atoms with Gasteiger partial charge in [-0.05, 0) is 73.7 Å². The molecule has 1 aromatic heterocycles. The number of phenolic OH excluding ortho intramolecular Hbond substituents is 1. The molecule has 35 heavy (non-hydrogen) atoms. The van der Waals surface area contributed by atoms with Crippen LogP contribution in [0.25, 0.3) is 10.9 Å². The first-order chi connectivity index (χ1) is 16.0. The first-order valence-corrected chi connectivity index (χ1v) is 12.3. The zero-order chi connectivity index (χ0) is 22.6. The van der Waals surface area contributed by atoms with E-state index in [2.05, 4.69) is 29.2 Å². The van der Waals surface area contributed by atoms with E-state index in [4.69, 9.17) is 9.72 Å². The van der Waals surface area contributed by atoms with E-state index in [1.165, 1.54) is 5.56 Å². The van der Waals surface area contributed by atoms with Crippen molar-refractivity contribution in [3.8, 4) is 5.75 Å². The first kappa shape index (κ1) is 26.2. The standard InChI is InChI=1S/C28H32N2O3.2ClH/c1-2-33-13-5-11-30-12-10-27-18-25-21(14-20-6-3-4-7-24(20)29-25)17-28(27,32)26(30)15-19-8-9-22(31)16-23(19)27;;/h3-4,6-9,14,16,26,31-32H,2,5,10-13,15,17-18H2,1H3;2*1H/t26-,27+,28+;;/m0../s1. The highest BCUT2D eigenvalue weighted by Gasteiger charge is 2.64. The Morgan fingerprint density at radius 2 is 1.91 bits per heavy atom. The fourth-order valence-corrected chi connectivity index (χ4v) is 6.88. The predicted molar refractivity (Wildman–Crippen MR) is 143 cm³/mol. The summed E-state index contributed by atoms with van der Waals surface area (Å²) in [6.07, 6.45) is 3.95. The number of hydrogen-bond acceptors (Lipinski definition) is 5. The zero-order valence-electron chi connectivity index (χ0n) is 20.1. The Morgan fingerprint density at radius 3 is 2.74 bits per heavy atom. The number of pyridine rings is 1. The molecule has 0 radical (unpaired) electrons. The minimum atomic E-state index is -0.894. The second kappa shape index (κ2) is 9.87. The maximum atomic E-state index is 12.6. The molecule has 1 saturated heterocycles. The summed E-state index contributed by atoms with van der Waals surface area (Å²) in [5, 5.41) is 24.1. The van der Waals surface area contributed by atoms with Gasteiger partial charge in [-0.3, -0.25) is 9.88 Å². The second-order valence-electron chi connectivity index (χ2n) is 10.0. The van der Waals surface area contributed by atoms with Crippen molar-refractivity contribution in [3.63, 3.8) is 0 Å². The fourth-order valence-electron chi connectivity index (χ4n) is 6.88. The number of likely N-dealkylation sites (tertiary alicyclic amines) is 1. The van der Waals surface area contributed by atoms with Crippen LogP contribution < -0.4 is 0 Å². The zero-order valence-corrected chi connectivity index (χ0v) is 21.7. The molecule has 7 heteroatoms. The highest BCUT2D eigenvalue weighted by Crippen LogP contribution is 2.57. The van der Waals surface area contributed by atoms with Crippen molar-refractivity contribution < 1.29 is 14.9 Å². The lowest BCUT2D eigenvalue weighted by molar-refractivity contribution is -0.152. The van der Waals surface area contributed by atoms with E-state index < -0.39 is 11.0 Å². The van der Waals surface area contributed by atoms with E-state index in [0.29, 0.717) is 12.8 Å². The normalized spacial score (nSPS) is 26.6. The van der Waals surface area contributed by atoms with E-state index in [9.17, 15) is 10.2 Å². The summed E-state index contributed by atoms with van der Waals surface area (Å²) < 4.78 is 5.59. The molecule has 0 unspecified atom stereocenters. The van der Waals surface area contributed by atoms with Gasteiger partial charge in [0.1, 0.15) is 5.75 Å². The second-order valence-corrected chi connectivity index (χ2v) is 10.0. The molecule has 2 aromatic carbocycles. The van der Waals surface area contributed by atoms with Crippen molar-refractivity contribution in [3.05, 3.63) is 70.9 Å². The Bertz CT molecular complexity index is 1220. The van der Waals surface area contributed by atoms with E-state index >= 15 is 0 Å². The van der Waals surface area contributed by atoms with Gasteiger partial charge in [0.15, 0.2) is 0 Å². The van der Waals surface area contributed by atoms with Crippen molar-refractivity contribution in [1.82, 2.24) is 9.88 Å². The molecule has 2 bridgehead atoms. The van der Waals surface area contributed by atoms with Gasteiger partial charge >= 0.3 is 0 Å². The number of halogens is 2. The van der Waals surface area contributed by atoms with Crippen molar-refractivity contribution in [2.75, 3.05) is 26.3 Å². The summed E-state index contributed by atoms with van der Waals surface area (Å²) in [6, 6.07) is 16.3. The lowest BCUT2D eigenvalue weighted by atomic mass is 9.49. The van der Waals surface area contributed by atoms with Gasteiger partial charge in [-0.25, -0.2) is 0 Å². The molecule has 1 fully saturated rings. The number of aliphatic hydroxyl groups is 1. The predicted octanol–water partition coefficient (Wildman–Crippen LogP) is 4.61. The van der Waals surface area contributed by atoms with E-state index in [1.807, 2.05) is 25.1 Å². The molecule has 3 atom stereocenters. The van der Waals surface area contributed by atoms with Crippen molar-refractivity contribution in [1.29, 1.82) is 0 Å². The summed E-state index contributed by atoms with van der Waals surface area (Å²) in [5.74, 6) is 0.278. The van der Waals surface area contributed by atoms with Gasteiger partial charge < -0.3 is 14.9 Å². The molecule has 2 heterocycles. The van der Waals surface area contributed by atoms with Crippen LogP contribution in [0, 0.1) is 0 Å². The number of aromatic hydroxyl groups is 1. The number of rotatable bonds is 5. The Balaban J connectivity index is 0.00000144. The highest BCUT2D eigenvalue weighted by atomic mass is 35.5. The molecule has 5 nitrogen and oxygen atoms in total. The fraction of sp³-hybridized carbons (Fsp3) is 0.464. The monoisotopic (exact) mass is 516 g/mol. The van der Waals surface area contributed by atoms with Crippen LogP contribution in [-0.2, 0) is 29.4 Å². The third-order valence-electron chi connectivity index (χ3n) is 8.43. The van der Waals surface area contributed by atoms with Crippen LogP contribution >= 0.6 is 24.8 Å². The first-order valence-electron chi connectivity index (χ1n) is 12.3. The van der Waals surface area contributed by atoms with E-state index in [0.717, 1.165) is 73.3 Å². The SMILES string of the molecule is CCOCCCN1CC[C@]23Cc4nc5ccccc5cc4C[C@@]2(O)[C@@H]1Cc1ccc(O)cc13.Cl.Cl. The molecule has 0 amide bonds. The molecule has 3 aliphatic rings. The number of aromatic nitrogens is 1. The summed E-state index contributed by atoms with van der Waals surface area (Å²) in [7, 11) is 0. The summed E-state index contributed by atoms with van der Waals surface area (Å²) in [6.45, 7) is 5.40. The maximum absolute atomic E-state index is 12.6. The van der Waals surface area contributed by atoms with Gasteiger partial charge in [0.2, 0.25) is 0 Å². The molecule has 3 aromatic rings. The van der Waals surface area contributed by atoms with Crippen molar-refractivity contribution in [2.24, 2.45) is 0 Å². The van der Waals surface area contributed by atoms with Crippen molar-refractivity contribution in [2.45, 2.75) is 56.1 Å². The largest absolute Gasteiger partial charge is 0.508 e. The van der Waals surface area contributed by atoms with E-state index in [1.54, 1.807) is 6.07 Å². The third kappa shape index (κ3) is 4.02. The summed E-state index contributed by atoms with van der Waals surface area (Å²) in [4.78, 5) is 7.55. The van der Waals surface area contributed by atoms with Gasteiger partial charge in [0, 0.05) is 55.1 Å². The number of fused-ring (bicyclic) bond motifs is 3. The Labute approximate surface area is 219 Å². The molecule has 1 aliphatic heterocycles. The Kier molecular flexibility index (Phi) is 7.38. The van der Waals surface area contributed by atoms with Gasteiger partial charge in [0.25, 0.3) is 0 Å². The molecule has 2 aliphatic carbocycles. The Morgan fingerprint density at radius 1 is 1.09 bits per heavy atom. The van der Waals surface area contributed by atoms with Gasteiger partial charge in [-0.15, -0.1) is 24.8 Å². The van der Waals surface area contributed by atoms with Crippen LogP contribution in [0.5, 0.6) is 5.75 Å². The third-order valence-corrected chi connectivity index (χ3v) is 8.43. The number of piperidine rings is 1. The summed E-state index contributed by atoms with van der Waals surface area (Å²) in [5.41, 5.74) is 4.32. The Hall–Kier alpha value is -1.89. The number of para-hydroxylation sites is 1. The molecule has 188 valence electrons. The number of phenols is 1. The van der Waals surface area contributed by atoms with Gasteiger partial charge in [0.05, 0.1) is 11.1 Å². The molecule has 6 rings (SSSR count). The van der Waals surface area contributed by atoms with E-state index in [-0.39, 0.29) is 36.6 Å². The van der Waals surface area contributed by atoms with Gasteiger partial charge in [-0.2, -0.15) is 0 Å². The number of benzene rings is 2.